The molecule has 92 valence electrons. The van der Waals surface area contributed by atoms with Crippen molar-refractivity contribution in [3.63, 3.8) is 0 Å². The maximum atomic E-state index is 5.45. The number of nitrogens with zero attached hydrogens (tertiary/aromatic N) is 5. The van der Waals surface area contributed by atoms with Gasteiger partial charge in [-0.3, -0.25) is 9.78 Å². The lowest BCUT2D eigenvalue weighted by atomic mass is 10.4. The van der Waals surface area contributed by atoms with E-state index in [9.17, 15) is 0 Å². The molecule has 3 aromatic heterocycles. The molecule has 3 rings (SSSR count). The second-order valence-corrected chi connectivity index (χ2v) is 4.59. The Bertz CT molecular complexity index is 624. The Balaban J connectivity index is 1.88. The van der Waals surface area contributed by atoms with Crippen LogP contribution >= 0.6 is 11.3 Å². The molecule has 0 bridgehead atoms. The van der Waals surface area contributed by atoms with E-state index in [1.807, 2.05) is 17.5 Å². The standard InChI is InChI=1S/C10H11N7S/c11-3-4-17-6-7(13-16-17)9-12-10(15-14-9)8-2-1-5-18-8/h1-2,5-6H,3-4,11H2,(H,12,14,15). The molecule has 3 N–H and O–H groups in total. The number of nitrogens with two attached hydrogens (primary N) is 1. The molecule has 18 heavy (non-hydrogen) atoms. The highest BCUT2D eigenvalue weighted by molar-refractivity contribution is 7.13. The summed E-state index contributed by atoms with van der Waals surface area (Å²) in [7, 11) is 0. The summed E-state index contributed by atoms with van der Waals surface area (Å²) in [6.07, 6.45) is 1.79. The Labute approximate surface area is 107 Å². The highest BCUT2D eigenvalue weighted by atomic mass is 32.1. The molecule has 0 radical (unpaired) electrons. The Kier molecular flexibility index (Phi) is 2.87. The summed E-state index contributed by atoms with van der Waals surface area (Å²) in [5, 5.41) is 17.0. The van der Waals surface area contributed by atoms with Gasteiger partial charge in [0.2, 0.25) is 5.82 Å². The molecule has 0 aromatic carbocycles. The minimum atomic E-state index is 0.525. The van der Waals surface area contributed by atoms with Crippen LogP contribution in [0.15, 0.2) is 23.7 Å². The van der Waals surface area contributed by atoms with Gasteiger partial charge < -0.3 is 5.73 Å². The predicted molar refractivity (Wildman–Crippen MR) is 67.8 cm³/mol. The maximum Gasteiger partial charge on any atom is 0.203 e. The number of rotatable bonds is 4. The molecule has 0 saturated carbocycles. The lowest BCUT2D eigenvalue weighted by Crippen LogP contribution is -2.10. The van der Waals surface area contributed by atoms with Gasteiger partial charge in [0.15, 0.2) is 11.5 Å². The van der Waals surface area contributed by atoms with Crippen LogP contribution in [0.5, 0.6) is 0 Å². The van der Waals surface area contributed by atoms with E-state index >= 15 is 0 Å². The normalized spacial score (nSPS) is 10.9. The lowest BCUT2D eigenvalue weighted by Gasteiger charge is -1.91. The summed E-state index contributed by atoms with van der Waals surface area (Å²) >= 11 is 1.61. The number of aromatic amines is 1. The van der Waals surface area contributed by atoms with Gasteiger partial charge in [0.25, 0.3) is 0 Å². The Morgan fingerprint density at radius 2 is 2.39 bits per heavy atom. The van der Waals surface area contributed by atoms with Crippen molar-refractivity contribution in [2.75, 3.05) is 6.54 Å². The zero-order chi connectivity index (χ0) is 12.4. The van der Waals surface area contributed by atoms with Crippen molar-refractivity contribution in [3.8, 4) is 22.2 Å². The van der Waals surface area contributed by atoms with Crippen LogP contribution in [0.4, 0.5) is 0 Å². The highest BCUT2D eigenvalue weighted by Crippen LogP contribution is 2.22. The van der Waals surface area contributed by atoms with Crippen molar-refractivity contribution >= 4 is 11.3 Å². The first-order valence-electron chi connectivity index (χ1n) is 5.43. The molecule has 3 heterocycles. The lowest BCUT2D eigenvalue weighted by molar-refractivity contribution is 0.598. The molecule has 0 fully saturated rings. The monoisotopic (exact) mass is 261 g/mol. The van der Waals surface area contributed by atoms with Gasteiger partial charge in [0.1, 0.15) is 0 Å². The molecule has 0 saturated heterocycles. The van der Waals surface area contributed by atoms with Crippen LogP contribution in [0.2, 0.25) is 0 Å². The number of thiophene rings is 1. The topological polar surface area (TPSA) is 98.3 Å². The van der Waals surface area contributed by atoms with Crippen molar-refractivity contribution in [1.82, 2.24) is 30.2 Å². The van der Waals surface area contributed by atoms with Gasteiger partial charge in [-0.2, -0.15) is 5.10 Å². The zero-order valence-electron chi connectivity index (χ0n) is 9.45. The van der Waals surface area contributed by atoms with E-state index in [1.54, 1.807) is 22.2 Å². The van der Waals surface area contributed by atoms with Gasteiger partial charge in [-0.05, 0) is 11.4 Å². The van der Waals surface area contributed by atoms with Crippen LogP contribution in [-0.2, 0) is 6.54 Å². The van der Waals surface area contributed by atoms with Crippen molar-refractivity contribution in [2.45, 2.75) is 6.54 Å². The quantitative estimate of drug-likeness (QED) is 0.722. The summed E-state index contributed by atoms with van der Waals surface area (Å²) in [6.45, 7) is 1.16. The number of nitrogens with one attached hydrogen (secondary N) is 1. The average Bonchev–Trinajstić information content (AvgIpc) is 3.10. The predicted octanol–water partition coefficient (Wildman–Crippen LogP) is 0.750. The van der Waals surface area contributed by atoms with E-state index in [4.69, 9.17) is 5.73 Å². The first-order chi connectivity index (χ1) is 8.86. The van der Waals surface area contributed by atoms with Crippen LogP contribution in [-0.4, -0.2) is 36.7 Å². The Morgan fingerprint density at radius 3 is 3.17 bits per heavy atom. The molecule has 8 heteroatoms. The minimum absolute atomic E-state index is 0.525. The van der Waals surface area contributed by atoms with Crippen molar-refractivity contribution < 1.29 is 0 Å². The average molecular weight is 261 g/mol. The molecule has 0 amide bonds. The van der Waals surface area contributed by atoms with Crippen molar-refractivity contribution in [3.05, 3.63) is 23.7 Å². The molecule has 0 aliphatic carbocycles. The third-order valence-electron chi connectivity index (χ3n) is 2.37. The molecule has 0 unspecified atom stereocenters. The van der Waals surface area contributed by atoms with E-state index in [1.165, 1.54) is 0 Å². The second-order valence-electron chi connectivity index (χ2n) is 3.64. The van der Waals surface area contributed by atoms with Crippen LogP contribution < -0.4 is 5.73 Å². The van der Waals surface area contributed by atoms with E-state index in [-0.39, 0.29) is 0 Å². The number of aromatic nitrogens is 6. The second kappa shape index (κ2) is 4.67. The third-order valence-corrected chi connectivity index (χ3v) is 3.24. The fourth-order valence-electron chi connectivity index (χ4n) is 1.54. The largest absolute Gasteiger partial charge is 0.329 e. The molecule has 0 spiro atoms. The fraction of sp³-hybridized carbons (Fsp3) is 0.200. The van der Waals surface area contributed by atoms with Gasteiger partial charge in [-0.1, -0.05) is 11.3 Å². The van der Waals surface area contributed by atoms with Crippen molar-refractivity contribution in [1.29, 1.82) is 0 Å². The van der Waals surface area contributed by atoms with Gasteiger partial charge in [-0.15, -0.1) is 16.4 Å². The third kappa shape index (κ3) is 2.03. The highest BCUT2D eigenvalue weighted by Gasteiger charge is 2.11. The van der Waals surface area contributed by atoms with E-state index in [2.05, 4.69) is 25.5 Å². The summed E-state index contributed by atoms with van der Waals surface area (Å²) in [6, 6.07) is 3.96. The van der Waals surface area contributed by atoms with Crippen LogP contribution in [0.25, 0.3) is 22.2 Å². The van der Waals surface area contributed by atoms with Crippen LogP contribution in [0, 0.1) is 0 Å². The Morgan fingerprint density at radius 1 is 1.44 bits per heavy atom. The van der Waals surface area contributed by atoms with E-state index in [0.29, 0.717) is 24.6 Å². The summed E-state index contributed by atoms with van der Waals surface area (Å²) < 4.78 is 1.68. The number of H-pyrrole nitrogens is 1. The number of hydrogen-bond donors (Lipinski definition) is 2. The fourth-order valence-corrected chi connectivity index (χ4v) is 2.21. The minimum Gasteiger partial charge on any atom is -0.329 e. The van der Waals surface area contributed by atoms with Gasteiger partial charge >= 0.3 is 0 Å². The maximum absolute atomic E-state index is 5.45. The van der Waals surface area contributed by atoms with E-state index < -0.39 is 0 Å². The molecule has 0 atom stereocenters. The summed E-state index contributed by atoms with van der Waals surface area (Å²) in [5.41, 5.74) is 6.09. The van der Waals surface area contributed by atoms with Crippen LogP contribution in [0.1, 0.15) is 0 Å². The van der Waals surface area contributed by atoms with Gasteiger partial charge in [0, 0.05) is 6.54 Å². The molecule has 7 nitrogen and oxygen atoms in total. The SMILES string of the molecule is NCCn1cc(-c2n[nH]c(-c3cccs3)n2)nn1. The smallest absolute Gasteiger partial charge is 0.203 e. The first kappa shape index (κ1) is 11.1. The van der Waals surface area contributed by atoms with Crippen LogP contribution in [0.3, 0.4) is 0 Å². The first-order valence-corrected chi connectivity index (χ1v) is 6.31. The zero-order valence-corrected chi connectivity index (χ0v) is 10.3. The van der Waals surface area contributed by atoms with Gasteiger partial charge in [-0.25, -0.2) is 4.98 Å². The summed E-state index contributed by atoms with van der Waals surface area (Å²) in [4.78, 5) is 5.44. The van der Waals surface area contributed by atoms with Gasteiger partial charge in [0.05, 0.1) is 17.6 Å². The van der Waals surface area contributed by atoms with Crippen molar-refractivity contribution in [2.24, 2.45) is 5.73 Å². The summed E-state index contributed by atoms with van der Waals surface area (Å²) in [5.74, 6) is 1.29. The number of hydrogen-bond acceptors (Lipinski definition) is 6. The molecule has 0 aliphatic rings. The molecular formula is C10H11N7S. The molecular weight excluding hydrogens is 250 g/mol. The molecule has 3 aromatic rings. The van der Waals surface area contributed by atoms with E-state index in [0.717, 1.165) is 10.7 Å². The molecule has 0 aliphatic heterocycles. The Hall–Kier alpha value is -2.06.